The number of hydrogen-bond donors (Lipinski definition) is 1. The summed E-state index contributed by atoms with van der Waals surface area (Å²) in [5.74, 6) is -0.101. The Balaban J connectivity index is 2.24. The lowest BCUT2D eigenvalue weighted by atomic mass is 10.0. The molecule has 1 saturated carbocycles. The van der Waals surface area contributed by atoms with Gasteiger partial charge in [0.25, 0.3) is 0 Å². The molecule has 1 rings (SSSR count). The molecule has 0 unspecified atom stereocenters. The standard InChI is InChI=1S/C8H15NO2/c1-2-11-7(10)5-8(6-9)3-4-8/h2-6,9H2,1H3. The fraction of sp³-hybridized carbons (Fsp3) is 0.875. The third-order valence-electron chi connectivity index (χ3n) is 2.21. The van der Waals surface area contributed by atoms with Gasteiger partial charge >= 0.3 is 5.97 Å². The van der Waals surface area contributed by atoms with Gasteiger partial charge in [0.15, 0.2) is 0 Å². The van der Waals surface area contributed by atoms with Gasteiger partial charge in [-0.2, -0.15) is 0 Å². The van der Waals surface area contributed by atoms with Crippen LogP contribution in [0.5, 0.6) is 0 Å². The van der Waals surface area contributed by atoms with E-state index in [0.29, 0.717) is 19.6 Å². The fourth-order valence-corrected chi connectivity index (χ4v) is 1.15. The van der Waals surface area contributed by atoms with Crippen LogP contribution in [0.15, 0.2) is 0 Å². The van der Waals surface area contributed by atoms with E-state index in [1.165, 1.54) is 0 Å². The largest absolute Gasteiger partial charge is 0.466 e. The normalized spacial score (nSPS) is 19.5. The maximum Gasteiger partial charge on any atom is 0.306 e. The maximum absolute atomic E-state index is 11.0. The molecule has 0 aliphatic heterocycles. The van der Waals surface area contributed by atoms with Crippen molar-refractivity contribution in [3.8, 4) is 0 Å². The molecule has 3 heteroatoms. The Kier molecular flexibility index (Phi) is 2.49. The molecule has 0 saturated heterocycles. The highest BCUT2D eigenvalue weighted by Gasteiger charge is 2.43. The van der Waals surface area contributed by atoms with Crippen molar-refractivity contribution < 1.29 is 9.53 Å². The topological polar surface area (TPSA) is 52.3 Å². The lowest BCUT2D eigenvalue weighted by molar-refractivity contribution is -0.144. The van der Waals surface area contributed by atoms with Crippen LogP contribution in [0.3, 0.4) is 0 Å². The second-order valence-electron chi connectivity index (χ2n) is 3.19. The number of carbonyl (C=O) groups excluding carboxylic acids is 1. The Morgan fingerprint density at radius 1 is 1.64 bits per heavy atom. The number of nitrogens with two attached hydrogens (primary N) is 1. The molecular formula is C8H15NO2. The summed E-state index contributed by atoms with van der Waals surface area (Å²) >= 11 is 0. The molecule has 0 aromatic heterocycles. The minimum Gasteiger partial charge on any atom is -0.466 e. The van der Waals surface area contributed by atoms with Crippen LogP contribution in [0.4, 0.5) is 0 Å². The predicted octanol–water partition coefficient (Wildman–Crippen LogP) is 0.678. The lowest BCUT2D eigenvalue weighted by Crippen LogP contribution is -2.20. The average molecular weight is 157 g/mol. The van der Waals surface area contributed by atoms with Crippen LogP contribution in [0.2, 0.25) is 0 Å². The van der Waals surface area contributed by atoms with E-state index in [-0.39, 0.29) is 11.4 Å². The first-order chi connectivity index (χ1) is 5.22. The Labute approximate surface area is 66.9 Å². The zero-order valence-electron chi connectivity index (χ0n) is 6.93. The second-order valence-corrected chi connectivity index (χ2v) is 3.19. The van der Waals surface area contributed by atoms with E-state index < -0.39 is 0 Å². The summed E-state index contributed by atoms with van der Waals surface area (Å²) in [4.78, 5) is 11.0. The Morgan fingerprint density at radius 3 is 2.64 bits per heavy atom. The van der Waals surface area contributed by atoms with E-state index in [2.05, 4.69) is 0 Å². The van der Waals surface area contributed by atoms with Crippen molar-refractivity contribution in [1.29, 1.82) is 0 Å². The summed E-state index contributed by atoms with van der Waals surface area (Å²) in [6.07, 6.45) is 2.68. The van der Waals surface area contributed by atoms with E-state index in [1.807, 2.05) is 6.92 Å². The second kappa shape index (κ2) is 3.22. The molecule has 0 bridgehead atoms. The highest BCUT2D eigenvalue weighted by molar-refractivity contribution is 5.70. The monoisotopic (exact) mass is 157 g/mol. The average Bonchev–Trinajstić information content (AvgIpc) is 2.70. The first-order valence-corrected chi connectivity index (χ1v) is 4.08. The fourth-order valence-electron chi connectivity index (χ4n) is 1.15. The van der Waals surface area contributed by atoms with Crippen LogP contribution in [-0.4, -0.2) is 19.1 Å². The highest BCUT2D eigenvalue weighted by atomic mass is 16.5. The molecule has 11 heavy (non-hydrogen) atoms. The van der Waals surface area contributed by atoms with Crippen molar-refractivity contribution in [2.45, 2.75) is 26.2 Å². The van der Waals surface area contributed by atoms with Crippen LogP contribution < -0.4 is 5.73 Å². The summed E-state index contributed by atoms with van der Waals surface area (Å²) in [5, 5.41) is 0. The molecule has 3 nitrogen and oxygen atoms in total. The molecule has 0 spiro atoms. The molecule has 0 radical (unpaired) electrons. The Morgan fingerprint density at radius 2 is 2.27 bits per heavy atom. The van der Waals surface area contributed by atoms with Gasteiger partial charge in [0.05, 0.1) is 13.0 Å². The van der Waals surface area contributed by atoms with Gasteiger partial charge in [0.2, 0.25) is 0 Å². The SMILES string of the molecule is CCOC(=O)CC1(CN)CC1. The number of ether oxygens (including phenoxy) is 1. The zero-order valence-corrected chi connectivity index (χ0v) is 6.93. The summed E-state index contributed by atoms with van der Waals surface area (Å²) in [7, 11) is 0. The smallest absolute Gasteiger partial charge is 0.306 e. The van der Waals surface area contributed by atoms with E-state index in [4.69, 9.17) is 10.5 Å². The van der Waals surface area contributed by atoms with Crippen LogP contribution in [-0.2, 0) is 9.53 Å². The van der Waals surface area contributed by atoms with Crippen molar-refractivity contribution in [1.82, 2.24) is 0 Å². The molecule has 0 heterocycles. The van der Waals surface area contributed by atoms with Gasteiger partial charge in [-0.15, -0.1) is 0 Å². The maximum atomic E-state index is 11.0. The number of rotatable bonds is 4. The lowest BCUT2D eigenvalue weighted by Gasteiger charge is -2.09. The van der Waals surface area contributed by atoms with Gasteiger partial charge in [-0.05, 0) is 31.7 Å². The molecular weight excluding hydrogens is 142 g/mol. The van der Waals surface area contributed by atoms with E-state index in [1.54, 1.807) is 0 Å². The summed E-state index contributed by atoms with van der Waals surface area (Å²) in [6.45, 7) is 2.91. The van der Waals surface area contributed by atoms with Crippen molar-refractivity contribution in [3.63, 3.8) is 0 Å². The highest BCUT2D eigenvalue weighted by Crippen LogP contribution is 2.47. The summed E-state index contributed by atoms with van der Waals surface area (Å²) < 4.78 is 4.83. The van der Waals surface area contributed by atoms with Gasteiger partial charge in [-0.25, -0.2) is 0 Å². The first-order valence-electron chi connectivity index (χ1n) is 4.08. The quantitative estimate of drug-likeness (QED) is 0.610. The number of hydrogen-bond acceptors (Lipinski definition) is 3. The third kappa shape index (κ3) is 2.19. The van der Waals surface area contributed by atoms with Crippen molar-refractivity contribution in [2.24, 2.45) is 11.1 Å². The molecule has 1 fully saturated rings. The molecule has 0 aromatic carbocycles. The van der Waals surface area contributed by atoms with Crippen LogP contribution in [0.25, 0.3) is 0 Å². The van der Waals surface area contributed by atoms with E-state index in [9.17, 15) is 4.79 Å². The zero-order chi connectivity index (χ0) is 8.32. The minimum absolute atomic E-state index is 0.101. The molecule has 0 amide bonds. The van der Waals surface area contributed by atoms with Gasteiger partial charge in [0.1, 0.15) is 0 Å². The van der Waals surface area contributed by atoms with Crippen molar-refractivity contribution in [2.75, 3.05) is 13.2 Å². The summed E-state index contributed by atoms with van der Waals surface area (Å²) in [5.41, 5.74) is 5.62. The summed E-state index contributed by atoms with van der Waals surface area (Å²) in [6, 6.07) is 0. The number of carbonyl (C=O) groups is 1. The van der Waals surface area contributed by atoms with E-state index >= 15 is 0 Å². The molecule has 0 aromatic rings. The Hall–Kier alpha value is -0.570. The first kappa shape index (κ1) is 8.53. The van der Waals surface area contributed by atoms with Crippen LogP contribution in [0, 0.1) is 5.41 Å². The van der Waals surface area contributed by atoms with Gasteiger partial charge in [-0.3, -0.25) is 4.79 Å². The van der Waals surface area contributed by atoms with Gasteiger partial charge < -0.3 is 10.5 Å². The van der Waals surface area contributed by atoms with Crippen molar-refractivity contribution >= 4 is 5.97 Å². The van der Waals surface area contributed by atoms with Gasteiger partial charge in [-0.1, -0.05) is 0 Å². The van der Waals surface area contributed by atoms with Crippen LogP contribution in [0.1, 0.15) is 26.2 Å². The predicted molar refractivity (Wildman–Crippen MR) is 42.0 cm³/mol. The molecule has 64 valence electrons. The number of esters is 1. The molecule has 1 aliphatic rings. The third-order valence-corrected chi connectivity index (χ3v) is 2.21. The van der Waals surface area contributed by atoms with Crippen LogP contribution >= 0.6 is 0 Å². The Bertz CT molecular complexity index is 152. The van der Waals surface area contributed by atoms with Crippen molar-refractivity contribution in [3.05, 3.63) is 0 Å². The molecule has 2 N–H and O–H groups in total. The van der Waals surface area contributed by atoms with Gasteiger partial charge in [0, 0.05) is 0 Å². The van der Waals surface area contributed by atoms with E-state index in [0.717, 1.165) is 12.8 Å². The molecule has 0 atom stereocenters. The minimum atomic E-state index is -0.101. The molecule has 1 aliphatic carbocycles.